The monoisotopic (exact) mass is 237 g/mol. The van der Waals surface area contributed by atoms with Crippen molar-refractivity contribution >= 4 is 0 Å². The fourth-order valence-electron chi connectivity index (χ4n) is 1.49. The Balaban J connectivity index is 2.26. The Morgan fingerprint density at radius 1 is 1.00 bits per heavy atom. The fraction of sp³-hybridized carbons (Fsp3) is 0.750. The van der Waals surface area contributed by atoms with Crippen LogP contribution in [-0.4, -0.2) is 58.4 Å². The Kier molecular flexibility index (Phi) is 3.38. The van der Waals surface area contributed by atoms with Crippen LogP contribution < -0.4 is 0 Å². The molecule has 0 amide bonds. The van der Waals surface area contributed by atoms with Crippen LogP contribution in [0.25, 0.3) is 11.6 Å². The van der Waals surface area contributed by atoms with Gasteiger partial charge in [0.2, 0.25) is 11.6 Å². The Bertz CT molecular complexity index is 469. The van der Waals surface area contributed by atoms with Gasteiger partial charge in [-0.25, -0.2) is 9.36 Å². The van der Waals surface area contributed by atoms with Gasteiger partial charge in [-0.3, -0.25) is 4.90 Å². The number of tetrazole rings is 2. The maximum atomic E-state index is 3.95. The number of hydrogen-bond acceptors (Lipinski definition) is 7. The molecule has 0 saturated heterocycles. The average molecular weight is 237 g/mol. The summed E-state index contributed by atoms with van der Waals surface area (Å²) in [6, 6.07) is 0. The lowest BCUT2D eigenvalue weighted by Gasteiger charge is -2.17. The first kappa shape index (κ1) is 11.6. The first-order valence-corrected chi connectivity index (χ1v) is 5.47. The lowest BCUT2D eigenvalue weighted by atomic mass is 10.5. The van der Waals surface area contributed by atoms with Crippen LogP contribution in [-0.2, 0) is 13.7 Å². The van der Waals surface area contributed by atoms with Crippen LogP contribution in [0.2, 0.25) is 0 Å². The molecule has 0 fully saturated rings. The van der Waals surface area contributed by atoms with Gasteiger partial charge >= 0.3 is 0 Å². The summed E-state index contributed by atoms with van der Waals surface area (Å²) in [5, 5.41) is 22.8. The number of rotatable bonds is 5. The van der Waals surface area contributed by atoms with Gasteiger partial charge < -0.3 is 0 Å². The summed E-state index contributed by atoms with van der Waals surface area (Å²) >= 11 is 0. The molecule has 0 radical (unpaired) electrons. The van der Waals surface area contributed by atoms with Gasteiger partial charge in [0, 0.05) is 7.05 Å². The Morgan fingerprint density at radius 2 is 1.65 bits per heavy atom. The quantitative estimate of drug-likeness (QED) is 0.669. The number of aromatic nitrogens is 8. The lowest BCUT2D eigenvalue weighted by Crippen LogP contribution is -2.27. The number of hydrogen-bond donors (Lipinski definition) is 0. The van der Waals surface area contributed by atoms with E-state index in [1.54, 1.807) is 16.4 Å². The highest BCUT2D eigenvalue weighted by Gasteiger charge is 2.16. The molecule has 0 spiro atoms. The zero-order chi connectivity index (χ0) is 12.3. The largest absolute Gasteiger partial charge is 0.285 e. The van der Waals surface area contributed by atoms with Gasteiger partial charge in [-0.15, -0.1) is 10.2 Å². The van der Waals surface area contributed by atoms with Crippen LogP contribution in [0.1, 0.15) is 13.8 Å². The normalized spacial score (nSPS) is 11.3. The highest BCUT2D eigenvalue weighted by molar-refractivity contribution is 5.40. The minimum atomic E-state index is 0.558. The molecule has 0 aliphatic heterocycles. The molecule has 0 bridgehead atoms. The predicted octanol–water partition coefficient (Wildman–Crippen LogP) is -0.837. The maximum Gasteiger partial charge on any atom is 0.222 e. The van der Waals surface area contributed by atoms with Crippen molar-refractivity contribution in [3.63, 3.8) is 0 Å². The zero-order valence-electron chi connectivity index (χ0n) is 10.1. The predicted molar refractivity (Wildman–Crippen MR) is 58.5 cm³/mol. The van der Waals surface area contributed by atoms with Crippen molar-refractivity contribution in [2.75, 3.05) is 13.1 Å². The minimum absolute atomic E-state index is 0.558. The summed E-state index contributed by atoms with van der Waals surface area (Å²) in [5.74, 6) is 1.13. The van der Waals surface area contributed by atoms with E-state index in [1.165, 1.54) is 0 Å². The second-order valence-corrected chi connectivity index (χ2v) is 3.57. The maximum absolute atomic E-state index is 3.95. The summed E-state index contributed by atoms with van der Waals surface area (Å²) < 4.78 is 3.24. The molecule has 9 heteroatoms. The van der Waals surface area contributed by atoms with Crippen molar-refractivity contribution in [3.05, 3.63) is 0 Å². The van der Waals surface area contributed by atoms with Gasteiger partial charge in [-0.05, 0) is 33.9 Å². The SMILES string of the molecule is CCN(CC)Cn1nnnc1-c1nnnn1C. The van der Waals surface area contributed by atoms with Crippen molar-refractivity contribution in [3.8, 4) is 11.6 Å². The van der Waals surface area contributed by atoms with Crippen LogP contribution in [0, 0.1) is 0 Å². The van der Waals surface area contributed by atoms with Gasteiger partial charge in [0.1, 0.15) is 0 Å². The van der Waals surface area contributed by atoms with Gasteiger partial charge in [-0.1, -0.05) is 13.8 Å². The third-order valence-corrected chi connectivity index (χ3v) is 2.58. The molecule has 0 aliphatic carbocycles. The van der Waals surface area contributed by atoms with Crippen molar-refractivity contribution < 1.29 is 0 Å². The Labute approximate surface area is 98.4 Å². The van der Waals surface area contributed by atoms with Gasteiger partial charge in [0.25, 0.3) is 0 Å². The molecule has 2 rings (SSSR count). The van der Waals surface area contributed by atoms with E-state index in [2.05, 4.69) is 49.8 Å². The molecule has 0 aliphatic rings. The van der Waals surface area contributed by atoms with E-state index >= 15 is 0 Å². The third-order valence-electron chi connectivity index (χ3n) is 2.58. The van der Waals surface area contributed by atoms with E-state index in [0.29, 0.717) is 18.3 Å². The summed E-state index contributed by atoms with van der Waals surface area (Å²) in [6.07, 6.45) is 0. The molecule has 17 heavy (non-hydrogen) atoms. The van der Waals surface area contributed by atoms with Crippen LogP contribution in [0.5, 0.6) is 0 Å². The molecule has 0 aromatic carbocycles. The molecule has 0 atom stereocenters. The van der Waals surface area contributed by atoms with Crippen molar-refractivity contribution in [1.29, 1.82) is 0 Å². The second-order valence-electron chi connectivity index (χ2n) is 3.57. The van der Waals surface area contributed by atoms with Crippen LogP contribution in [0.4, 0.5) is 0 Å². The summed E-state index contributed by atoms with van der Waals surface area (Å²) in [4.78, 5) is 2.20. The Hall–Kier alpha value is -1.90. The molecule has 0 saturated carbocycles. The van der Waals surface area contributed by atoms with Gasteiger partial charge in [-0.2, -0.15) is 0 Å². The summed E-state index contributed by atoms with van der Waals surface area (Å²) in [7, 11) is 1.76. The molecule has 2 aromatic rings. The fourth-order valence-corrected chi connectivity index (χ4v) is 1.49. The van der Waals surface area contributed by atoms with Crippen LogP contribution in [0.15, 0.2) is 0 Å². The van der Waals surface area contributed by atoms with Crippen molar-refractivity contribution in [1.82, 2.24) is 45.3 Å². The first-order valence-electron chi connectivity index (χ1n) is 5.47. The molecule has 2 heterocycles. The van der Waals surface area contributed by atoms with Crippen molar-refractivity contribution in [2.24, 2.45) is 7.05 Å². The summed E-state index contributed by atoms with van der Waals surface area (Å²) in [6.45, 7) is 6.69. The molecule has 0 unspecified atom stereocenters. The highest BCUT2D eigenvalue weighted by atomic mass is 15.6. The molecule has 9 nitrogen and oxygen atoms in total. The van der Waals surface area contributed by atoms with E-state index in [-0.39, 0.29) is 0 Å². The standard InChI is InChI=1S/C8H15N9/c1-4-16(5-2)6-17-8(10-12-14-17)7-9-11-13-15(7)3/h4-6H2,1-3H3. The first-order chi connectivity index (χ1) is 8.26. The average Bonchev–Trinajstić information content (AvgIpc) is 2.94. The minimum Gasteiger partial charge on any atom is -0.285 e. The van der Waals surface area contributed by atoms with E-state index in [9.17, 15) is 0 Å². The summed E-state index contributed by atoms with van der Waals surface area (Å²) in [5.41, 5.74) is 0. The van der Waals surface area contributed by atoms with Gasteiger partial charge in [0.15, 0.2) is 0 Å². The van der Waals surface area contributed by atoms with E-state index < -0.39 is 0 Å². The van der Waals surface area contributed by atoms with E-state index in [0.717, 1.165) is 13.1 Å². The molecular weight excluding hydrogens is 222 g/mol. The molecule has 92 valence electrons. The zero-order valence-corrected chi connectivity index (χ0v) is 10.1. The number of aryl methyl sites for hydroxylation is 1. The molecule has 0 N–H and O–H groups in total. The molecular formula is C8H15N9. The lowest BCUT2D eigenvalue weighted by molar-refractivity contribution is 0.228. The topological polar surface area (TPSA) is 90.4 Å². The van der Waals surface area contributed by atoms with Crippen LogP contribution >= 0.6 is 0 Å². The van der Waals surface area contributed by atoms with Crippen LogP contribution in [0.3, 0.4) is 0 Å². The molecule has 2 aromatic heterocycles. The highest BCUT2D eigenvalue weighted by Crippen LogP contribution is 2.09. The van der Waals surface area contributed by atoms with E-state index in [1.807, 2.05) is 0 Å². The second kappa shape index (κ2) is 4.95. The number of nitrogens with zero attached hydrogens (tertiary/aromatic N) is 9. The smallest absolute Gasteiger partial charge is 0.222 e. The Morgan fingerprint density at radius 3 is 2.24 bits per heavy atom. The van der Waals surface area contributed by atoms with E-state index in [4.69, 9.17) is 0 Å². The third kappa shape index (κ3) is 2.28. The van der Waals surface area contributed by atoms with Gasteiger partial charge in [0.05, 0.1) is 6.67 Å². The van der Waals surface area contributed by atoms with Crippen molar-refractivity contribution in [2.45, 2.75) is 20.5 Å².